The number of unbranched alkanes of at least 4 members (excludes halogenated alkanes) is 4. The lowest BCUT2D eigenvalue weighted by molar-refractivity contribution is 0.0449. The van der Waals surface area contributed by atoms with E-state index in [1.54, 1.807) is 0 Å². The zero-order valence-corrected chi connectivity index (χ0v) is 10.1. The van der Waals surface area contributed by atoms with E-state index in [0.29, 0.717) is 0 Å². The first-order chi connectivity index (χ1) is 6.72. The van der Waals surface area contributed by atoms with E-state index in [1.807, 2.05) is 0 Å². The van der Waals surface area contributed by atoms with Crippen LogP contribution in [-0.2, 0) is 4.74 Å². The summed E-state index contributed by atoms with van der Waals surface area (Å²) in [4.78, 5) is 0. The summed E-state index contributed by atoms with van der Waals surface area (Å²) in [6, 6.07) is 0.200. The molecule has 0 aliphatic carbocycles. The molecule has 0 aromatic carbocycles. The third-order valence-corrected chi connectivity index (χ3v) is 2.70. The Morgan fingerprint density at radius 1 is 1.07 bits per heavy atom. The van der Waals surface area contributed by atoms with E-state index in [0.717, 1.165) is 13.0 Å². The molecule has 86 valence electrons. The van der Waals surface area contributed by atoms with Crippen molar-refractivity contribution >= 4 is 0 Å². The molecule has 0 aliphatic heterocycles. The summed E-state index contributed by atoms with van der Waals surface area (Å²) in [7, 11) is 0. The van der Waals surface area contributed by atoms with Gasteiger partial charge < -0.3 is 10.5 Å². The second-order valence-electron chi connectivity index (χ2n) is 4.06. The zero-order chi connectivity index (χ0) is 10.8. The van der Waals surface area contributed by atoms with Gasteiger partial charge in [0.25, 0.3) is 0 Å². The van der Waals surface area contributed by atoms with Gasteiger partial charge in [0.2, 0.25) is 0 Å². The molecule has 0 rings (SSSR count). The molecule has 0 aromatic rings. The van der Waals surface area contributed by atoms with Crippen LogP contribution in [0, 0.1) is 0 Å². The van der Waals surface area contributed by atoms with Gasteiger partial charge in [0.1, 0.15) is 0 Å². The van der Waals surface area contributed by atoms with Crippen molar-refractivity contribution in [2.75, 3.05) is 6.61 Å². The van der Waals surface area contributed by atoms with Crippen molar-refractivity contribution in [1.82, 2.24) is 0 Å². The van der Waals surface area contributed by atoms with Crippen LogP contribution in [0.25, 0.3) is 0 Å². The molecule has 0 fully saturated rings. The average molecular weight is 201 g/mol. The normalized spacial score (nSPS) is 15.4. The van der Waals surface area contributed by atoms with E-state index >= 15 is 0 Å². The van der Waals surface area contributed by atoms with Crippen molar-refractivity contribution in [3.05, 3.63) is 0 Å². The highest BCUT2D eigenvalue weighted by molar-refractivity contribution is 4.66. The Bertz CT molecular complexity index is 117. The lowest BCUT2D eigenvalue weighted by atomic mass is 10.1. The molecule has 2 nitrogen and oxygen atoms in total. The second kappa shape index (κ2) is 9.47. The van der Waals surface area contributed by atoms with E-state index in [4.69, 9.17) is 10.5 Å². The van der Waals surface area contributed by atoms with Gasteiger partial charge in [-0.1, -0.05) is 39.5 Å². The van der Waals surface area contributed by atoms with Crippen LogP contribution < -0.4 is 5.73 Å². The molecule has 0 aliphatic rings. The van der Waals surface area contributed by atoms with Gasteiger partial charge in [0, 0.05) is 12.6 Å². The van der Waals surface area contributed by atoms with Crippen molar-refractivity contribution in [3.63, 3.8) is 0 Å². The van der Waals surface area contributed by atoms with Crippen LogP contribution in [0.3, 0.4) is 0 Å². The van der Waals surface area contributed by atoms with Gasteiger partial charge in [-0.05, 0) is 19.8 Å². The van der Waals surface area contributed by atoms with Crippen molar-refractivity contribution < 1.29 is 4.74 Å². The minimum atomic E-state index is 0.200. The van der Waals surface area contributed by atoms with Gasteiger partial charge in [-0.25, -0.2) is 0 Å². The Morgan fingerprint density at radius 3 is 2.29 bits per heavy atom. The number of ether oxygens (including phenoxy) is 1. The van der Waals surface area contributed by atoms with Crippen LogP contribution in [-0.4, -0.2) is 18.8 Å². The molecule has 2 heteroatoms. The van der Waals surface area contributed by atoms with Gasteiger partial charge in [-0.3, -0.25) is 0 Å². The van der Waals surface area contributed by atoms with Gasteiger partial charge >= 0.3 is 0 Å². The third-order valence-electron chi connectivity index (χ3n) is 2.70. The molecule has 0 radical (unpaired) electrons. The number of hydrogen-bond donors (Lipinski definition) is 1. The SMILES string of the molecule is CCCCCCCOC(C)C(N)CC. The molecule has 0 spiro atoms. The number of hydrogen-bond acceptors (Lipinski definition) is 2. The fourth-order valence-electron chi connectivity index (χ4n) is 1.43. The van der Waals surface area contributed by atoms with Crippen LogP contribution in [0.5, 0.6) is 0 Å². The standard InChI is InChI=1S/C12H27NO/c1-4-6-7-8-9-10-14-11(3)12(13)5-2/h11-12H,4-10,13H2,1-3H3. The van der Waals surface area contributed by atoms with Gasteiger partial charge in [-0.2, -0.15) is 0 Å². The minimum Gasteiger partial charge on any atom is -0.377 e. The maximum atomic E-state index is 5.85. The summed E-state index contributed by atoms with van der Waals surface area (Å²) >= 11 is 0. The Hall–Kier alpha value is -0.0800. The molecule has 2 N–H and O–H groups in total. The predicted octanol–water partition coefficient (Wildman–Crippen LogP) is 3.10. The van der Waals surface area contributed by atoms with Crippen molar-refractivity contribution in [3.8, 4) is 0 Å². The van der Waals surface area contributed by atoms with Gasteiger partial charge in [-0.15, -0.1) is 0 Å². The Balaban J connectivity index is 3.18. The second-order valence-corrected chi connectivity index (χ2v) is 4.06. The first-order valence-electron chi connectivity index (χ1n) is 6.09. The predicted molar refractivity (Wildman–Crippen MR) is 62.4 cm³/mol. The van der Waals surface area contributed by atoms with Crippen molar-refractivity contribution in [1.29, 1.82) is 0 Å². The molecular weight excluding hydrogens is 174 g/mol. The topological polar surface area (TPSA) is 35.2 Å². The first kappa shape index (κ1) is 13.9. The van der Waals surface area contributed by atoms with E-state index in [2.05, 4.69) is 20.8 Å². The summed E-state index contributed by atoms with van der Waals surface area (Å²) in [5, 5.41) is 0. The van der Waals surface area contributed by atoms with E-state index in [9.17, 15) is 0 Å². The highest BCUT2D eigenvalue weighted by Gasteiger charge is 2.09. The van der Waals surface area contributed by atoms with Gasteiger partial charge in [0.05, 0.1) is 6.10 Å². The summed E-state index contributed by atoms with van der Waals surface area (Å²) < 4.78 is 5.65. The Morgan fingerprint density at radius 2 is 1.71 bits per heavy atom. The highest BCUT2D eigenvalue weighted by atomic mass is 16.5. The lowest BCUT2D eigenvalue weighted by Gasteiger charge is -2.18. The quantitative estimate of drug-likeness (QED) is 0.582. The number of rotatable bonds is 9. The molecular formula is C12H27NO. The monoisotopic (exact) mass is 201 g/mol. The molecule has 14 heavy (non-hydrogen) atoms. The maximum absolute atomic E-state index is 5.85. The molecule has 0 aromatic heterocycles. The summed E-state index contributed by atoms with van der Waals surface area (Å²) in [5.74, 6) is 0. The summed E-state index contributed by atoms with van der Waals surface area (Å²) in [6.45, 7) is 7.28. The van der Waals surface area contributed by atoms with Gasteiger partial charge in [0.15, 0.2) is 0 Å². The average Bonchev–Trinajstić information content (AvgIpc) is 2.21. The molecule has 0 saturated carbocycles. The largest absolute Gasteiger partial charge is 0.377 e. The Labute approximate surface area is 89.2 Å². The summed E-state index contributed by atoms with van der Waals surface area (Å²) in [5.41, 5.74) is 5.85. The lowest BCUT2D eigenvalue weighted by Crippen LogP contribution is -2.34. The van der Waals surface area contributed by atoms with Crippen LogP contribution in [0.1, 0.15) is 59.3 Å². The van der Waals surface area contributed by atoms with Crippen molar-refractivity contribution in [2.45, 2.75) is 71.4 Å². The third kappa shape index (κ3) is 7.34. The Kier molecular flexibility index (Phi) is 9.42. The fourth-order valence-corrected chi connectivity index (χ4v) is 1.43. The zero-order valence-electron chi connectivity index (χ0n) is 10.1. The molecule has 0 heterocycles. The van der Waals surface area contributed by atoms with E-state index < -0.39 is 0 Å². The molecule has 2 unspecified atom stereocenters. The maximum Gasteiger partial charge on any atom is 0.0697 e. The van der Waals surface area contributed by atoms with Crippen LogP contribution >= 0.6 is 0 Å². The van der Waals surface area contributed by atoms with E-state index in [1.165, 1.54) is 32.1 Å². The minimum absolute atomic E-state index is 0.200. The first-order valence-corrected chi connectivity index (χ1v) is 6.09. The van der Waals surface area contributed by atoms with Crippen molar-refractivity contribution in [2.24, 2.45) is 5.73 Å². The molecule has 2 atom stereocenters. The van der Waals surface area contributed by atoms with E-state index in [-0.39, 0.29) is 12.1 Å². The van der Waals surface area contributed by atoms with Crippen LogP contribution in [0.4, 0.5) is 0 Å². The van der Waals surface area contributed by atoms with Crippen LogP contribution in [0.15, 0.2) is 0 Å². The highest BCUT2D eigenvalue weighted by Crippen LogP contribution is 2.05. The molecule has 0 saturated heterocycles. The summed E-state index contributed by atoms with van der Waals surface area (Å²) in [6.07, 6.45) is 7.68. The van der Waals surface area contributed by atoms with Crippen LogP contribution in [0.2, 0.25) is 0 Å². The molecule has 0 bridgehead atoms. The fraction of sp³-hybridized carbons (Fsp3) is 1.00. The smallest absolute Gasteiger partial charge is 0.0697 e. The number of nitrogens with two attached hydrogens (primary N) is 1. The molecule has 0 amide bonds.